The smallest absolute Gasteiger partial charge is 0.317 e. The molecule has 0 bridgehead atoms. The molecule has 0 unspecified atom stereocenters. The van der Waals surface area contributed by atoms with E-state index in [1.54, 1.807) is 0 Å². The molecule has 1 heterocycles. The number of nitrogens with zero attached hydrogens (tertiary/aromatic N) is 1. The second kappa shape index (κ2) is 8.70. The van der Waals surface area contributed by atoms with Crippen molar-refractivity contribution in [3.63, 3.8) is 0 Å². The van der Waals surface area contributed by atoms with Crippen LogP contribution in [-0.4, -0.2) is 42.0 Å². The second-order valence-corrected chi connectivity index (χ2v) is 7.94. The summed E-state index contributed by atoms with van der Waals surface area (Å²) in [6, 6.07) is 7.90. The van der Waals surface area contributed by atoms with Crippen LogP contribution in [0, 0.1) is 0 Å². The van der Waals surface area contributed by atoms with Gasteiger partial charge in [0.2, 0.25) is 0 Å². The molecule has 1 saturated heterocycles. The third kappa shape index (κ3) is 5.21. The second-order valence-electron chi connectivity index (χ2n) is 7.03. The van der Waals surface area contributed by atoms with E-state index in [1.807, 2.05) is 29.2 Å². The summed E-state index contributed by atoms with van der Waals surface area (Å²) in [5, 5.41) is 6.25. The molecule has 0 spiro atoms. The molecule has 6 heteroatoms. The first kappa shape index (κ1) is 18.2. The maximum atomic E-state index is 12.4. The Bertz CT molecular complexity index is 591. The zero-order valence-corrected chi connectivity index (χ0v) is 16.1. The average Bonchev–Trinajstić information content (AvgIpc) is 2.63. The van der Waals surface area contributed by atoms with Crippen LogP contribution in [0.3, 0.4) is 0 Å². The van der Waals surface area contributed by atoms with Crippen molar-refractivity contribution in [2.45, 2.75) is 57.0 Å². The highest BCUT2D eigenvalue weighted by Gasteiger charge is 2.25. The van der Waals surface area contributed by atoms with Gasteiger partial charge in [0.25, 0.3) is 5.91 Å². The van der Waals surface area contributed by atoms with Gasteiger partial charge in [0, 0.05) is 35.2 Å². The molecule has 1 aromatic carbocycles. The monoisotopic (exact) mass is 407 g/mol. The van der Waals surface area contributed by atoms with Gasteiger partial charge in [-0.3, -0.25) is 4.79 Å². The first-order chi connectivity index (χ1) is 12.1. The number of amides is 3. The number of carbonyl (C=O) groups excluding carboxylic acids is 2. The molecule has 2 aliphatic rings. The molecule has 1 aromatic rings. The summed E-state index contributed by atoms with van der Waals surface area (Å²) >= 11 is 3.37. The molecule has 1 aliphatic heterocycles. The van der Waals surface area contributed by atoms with Gasteiger partial charge in [-0.05, 0) is 49.9 Å². The van der Waals surface area contributed by atoms with Gasteiger partial charge >= 0.3 is 6.03 Å². The Morgan fingerprint density at radius 3 is 2.12 bits per heavy atom. The molecule has 5 nitrogen and oxygen atoms in total. The van der Waals surface area contributed by atoms with Gasteiger partial charge in [0.1, 0.15) is 0 Å². The lowest BCUT2D eigenvalue weighted by Gasteiger charge is -2.34. The molecule has 1 saturated carbocycles. The van der Waals surface area contributed by atoms with Crippen LogP contribution in [0.1, 0.15) is 55.3 Å². The molecule has 3 rings (SSSR count). The third-order valence-corrected chi connectivity index (χ3v) is 5.69. The molecule has 2 fully saturated rings. The van der Waals surface area contributed by atoms with E-state index in [9.17, 15) is 9.59 Å². The molecule has 3 amide bonds. The molecule has 0 radical (unpaired) electrons. The van der Waals surface area contributed by atoms with Gasteiger partial charge in [-0.15, -0.1) is 0 Å². The fourth-order valence-corrected chi connectivity index (χ4v) is 3.87. The minimum absolute atomic E-state index is 0.0439. The van der Waals surface area contributed by atoms with E-state index >= 15 is 0 Å². The van der Waals surface area contributed by atoms with E-state index in [1.165, 1.54) is 19.3 Å². The molecule has 1 aliphatic carbocycles. The standard InChI is InChI=1S/C19H26BrN3O2/c20-15-8-6-14(7-9-15)18(24)21-17-10-12-23(13-11-17)19(25)22-16-4-2-1-3-5-16/h6-9,16-17H,1-5,10-13H2,(H,21,24)(H,22,25). The molecular weight excluding hydrogens is 382 g/mol. The van der Waals surface area contributed by atoms with Crippen molar-refractivity contribution in [3.8, 4) is 0 Å². The van der Waals surface area contributed by atoms with Crippen molar-refractivity contribution in [1.29, 1.82) is 0 Å². The fraction of sp³-hybridized carbons (Fsp3) is 0.579. The van der Waals surface area contributed by atoms with Crippen molar-refractivity contribution in [1.82, 2.24) is 15.5 Å². The Morgan fingerprint density at radius 2 is 1.48 bits per heavy atom. The van der Waals surface area contributed by atoms with Crippen LogP contribution in [-0.2, 0) is 0 Å². The Labute approximate surface area is 157 Å². The summed E-state index contributed by atoms with van der Waals surface area (Å²) in [6.07, 6.45) is 7.54. The van der Waals surface area contributed by atoms with Crippen molar-refractivity contribution in [3.05, 3.63) is 34.3 Å². The number of rotatable bonds is 3. The zero-order chi connectivity index (χ0) is 17.6. The summed E-state index contributed by atoms with van der Waals surface area (Å²) in [7, 11) is 0. The molecule has 25 heavy (non-hydrogen) atoms. The number of hydrogen-bond acceptors (Lipinski definition) is 2. The van der Waals surface area contributed by atoms with Gasteiger partial charge in [0.15, 0.2) is 0 Å². The van der Waals surface area contributed by atoms with Crippen LogP contribution in [0.5, 0.6) is 0 Å². The lowest BCUT2D eigenvalue weighted by Crippen LogP contribution is -2.51. The van der Waals surface area contributed by atoms with Gasteiger partial charge in [-0.2, -0.15) is 0 Å². The Kier molecular flexibility index (Phi) is 6.34. The van der Waals surface area contributed by atoms with Crippen LogP contribution < -0.4 is 10.6 Å². The Hall–Kier alpha value is -1.56. The number of piperidine rings is 1. The summed E-state index contributed by atoms with van der Waals surface area (Å²) in [5.41, 5.74) is 0.667. The minimum Gasteiger partial charge on any atom is -0.349 e. The lowest BCUT2D eigenvalue weighted by molar-refractivity contribution is 0.0917. The summed E-state index contributed by atoms with van der Waals surface area (Å²) in [4.78, 5) is 26.5. The van der Waals surface area contributed by atoms with Crippen LogP contribution in [0.4, 0.5) is 4.79 Å². The normalized spacial score (nSPS) is 19.5. The Morgan fingerprint density at radius 1 is 0.880 bits per heavy atom. The first-order valence-electron chi connectivity index (χ1n) is 9.24. The first-order valence-corrected chi connectivity index (χ1v) is 10.0. The number of nitrogens with one attached hydrogen (secondary N) is 2. The van der Waals surface area contributed by atoms with Crippen molar-refractivity contribution < 1.29 is 9.59 Å². The molecule has 0 aromatic heterocycles. The van der Waals surface area contributed by atoms with E-state index in [0.29, 0.717) is 24.7 Å². The maximum absolute atomic E-state index is 12.4. The molecular formula is C19H26BrN3O2. The highest BCUT2D eigenvalue weighted by molar-refractivity contribution is 9.10. The van der Waals surface area contributed by atoms with Gasteiger partial charge < -0.3 is 15.5 Å². The van der Waals surface area contributed by atoms with Crippen LogP contribution >= 0.6 is 15.9 Å². The predicted molar refractivity (Wildman–Crippen MR) is 102 cm³/mol. The summed E-state index contributed by atoms with van der Waals surface area (Å²) < 4.78 is 0.960. The lowest BCUT2D eigenvalue weighted by atomic mass is 9.95. The quantitative estimate of drug-likeness (QED) is 0.802. The third-order valence-electron chi connectivity index (χ3n) is 5.16. The van der Waals surface area contributed by atoms with Crippen LogP contribution in [0.2, 0.25) is 0 Å². The topological polar surface area (TPSA) is 61.4 Å². The molecule has 2 N–H and O–H groups in total. The Balaban J connectivity index is 1.42. The van der Waals surface area contributed by atoms with Crippen LogP contribution in [0.15, 0.2) is 28.7 Å². The van der Waals surface area contributed by atoms with Gasteiger partial charge in [-0.25, -0.2) is 4.79 Å². The maximum Gasteiger partial charge on any atom is 0.317 e. The predicted octanol–water partition coefficient (Wildman–Crippen LogP) is 3.69. The van der Waals surface area contributed by atoms with E-state index in [2.05, 4.69) is 26.6 Å². The van der Waals surface area contributed by atoms with E-state index < -0.39 is 0 Å². The number of urea groups is 1. The number of carbonyl (C=O) groups is 2. The largest absolute Gasteiger partial charge is 0.349 e. The van der Waals surface area contributed by atoms with Crippen molar-refractivity contribution in [2.75, 3.05) is 13.1 Å². The van der Waals surface area contributed by atoms with Crippen molar-refractivity contribution in [2.24, 2.45) is 0 Å². The zero-order valence-electron chi connectivity index (χ0n) is 14.5. The van der Waals surface area contributed by atoms with Gasteiger partial charge in [-0.1, -0.05) is 35.2 Å². The number of halogens is 1. The van der Waals surface area contributed by atoms with E-state index in [-0.39, 0.29) is 18.0 Å². The van der Waals surface area contributed by atoms with Gasteiger partial charge in [0.05, 0.1) is 0 Å². The average molecular weight is 408 g/mol. The number of likely N-dealkylation sites (tertiary alicyclic amines) is 1. The summed E-state index contributed by atoms with van der Waals surface area (Å²) in [6.45, 7) is 1.40. The highest BCUT2D eigenvalue weighted by Crippen LogP contribution is 2.18. The summed E-state index contributed by atoms with van der Waals surface area (Å²) in [5.74, 6) is -0.0439. The van der Waals surface area contributed by atoms with E-state index in [4.69, 9.17) is 0 Å². The molecule has 136 valence electrons. The minimum atomic E-state index is -0.0439. The fourth-order valence-electron chi connectivity index (χ4n) is 3.61. The number of hydrogen-bond donors (Lipinski definition) is 2. The highest BCUT2D eigenvalue weighted by atomic mass is 79.9. The molecule has 0 atom stereocenters. The van der Waals surface area contributed by atoms with Crippen LogP contribution in [0.25, 0.3) is 0 Å². The SMILES string of the molecule is O=C(NC1CCN(C(=O)NC2CCCCC2)CC1)c1ccc(Br)cc1. The number of benzene rings is 1. The van der Waals surface area contributed by atoms with Crippen molar-refractivity contribution >= 4 is 27.9 Å². The van der Waals surface area contributed by atoms with E-state index in [0.717, 1.165) is 30.2 Å².